The summed E-state index contributed by atoms with van der Waals surface area (Å²) in [5, 5.41) is 18.5. The van der Waals surface area contributed by atoms with Crippen molar-refractivity contribution < 1.29 is 14.9 Å². The molecule has 0 bridgehead atoms. The maximum Gasteiger partial charge on any atom is 0.162 e. The highest BCUT2D eigenvalue weighted by Crippen LogP contribution is 2.34. The van der Waals surface area contributed by atoms with Gasteiger partial charge in [-0.25, -0.2) is 0 Å². The van der Waals surface area contributed by atoms with Crippen LogP contribution >= 0.6 is 0 Å². The summed E-state index contributed by atoms with van der Waals surface area (Å²) >= 11 is 0. The van der Waals surface area contributed by atoms with Gasteiger partial charge in [0.05, 0.1) is 12.7 Å². The fourth-order valence-electron chi connectivity index (χ4n) is 1.95. The molecule has 1 aliphatic carbocycles. The summed E-state index contributed by atoms with van der Waals surface area (Å²) in [7, 11) is 0. The van der Waals surface area contributed by atoms with Gasteiger partial charge in [-0.2, -0.15) is 0 Å². The van der Waals surface area contributed by atoms with E-state index in [-0.39, 0.29) is 0 Å². The van der Waals surface area contributed by atoms with E-state index in [1.54, 1.807) is 0 Å². The number of ether oxygens (including phenoxy) is 1. The smallest absolute Gasteiger partial charge is 0.162 e. The molecule has 2 rings (SSSR count). The zero-order valence-corrected chi connectivity index (χ0v) is 7.20. The molecule has 2 fully saturated rings. The standard InChI is InChI=1S/C9H16O3/c10-9(11)3-1-7(2-4-9)5-8-6-12-8/h7-8,10-11H,1-6H2. The summed E-state index contributed by atoms with van der Waals surface area (Å²) in [4.78, 5) is 0. The molecule has 0 amide bonds. The Morgan fingerprint density at radius 1 is 1.25 bits per heavy atom. The molecule has 0 aromatic heterocycles. The van der Waals surface area contributed by atoms with Crippen LogP contribution < -0.4 is 0 Å². The van der Waals surface area contributed by atoms with E-state index in [0.29, 0.717) is 24.9 Å². The third-order valence-corrected chi connectivity index (χ3v) is 2.90. The van der Waals surface area contributed by atoms with Gasteiger partial charge in [0, 0.05) is 12.8 Å². The lowest BCUT2D eigenvalue weighted by Gasteiger charge is -2.31. The number of rotatable bonds is 2. The monoisotopic (exact) mass is 172 g/mol. The Bertz CT molecular complexity index is 153. The van der Waals surface area contributed by atoms with Crippen LogP contribution in [0.15, 0.2) is 0 Å². The Morgan fingerprint density at radius 2 is 1.83 bits per heavy atom. The number of aliphatic hydroxyl groups is 2. The van der Waals surface area contributed by atoms with Crippen LogP contribution in [-0.4, -0.2) is 28.7 Å². The summed E-state index contributed by atoms with van der Waals surface area (Å²) in [5.41, 5.74) is 0. The minimum Gasteiger partial charge on any atom is -0.373 e. The van der Waals surface area contributed by atoms with Crippen molar-refractivity contribution in [2.45, 2.75) is 44.0 Å². The first-order valence-corrected chi connectivity index (χ1v) is 4.72. The van der Waals surface area contributed by atoms with Crippen molar-refractivity contribution in [3.05, 3.63) is 0 Å². The molecule has 1 unspecified atom stereocenters. The third-order valence-electron chi connectivity index (χ3n) is 2.90. The van der Waals surface area contributed by atoms with E-state index >= 15 is 0 Å². The highest BCUT2D eigenvalue weighted by Gasteiger charge is 2.34. The maximum atomic E-state index is 9.27. The van der Waals surface area contributed by atoms with Gasteiger partial charge in [-0.15, -0.1) is 0 Å². The van der Waals surface area contributed by atoms with Gasteiger partial charge in [0.25, 0.3) is 0 Å². The zero-order valence-electron chi connectivity index (χ0n) is 7.20. The predicted octanol–water partition coefficient (Wildman–Crippen LogP) is 0.646. The van der Waals surface area contributed by atoms with Crippen LogP contribution in [0.2, 0.25) is 0 Å². The van der Waals surface area contributed by atoms with E-state index in [9.17, 15) is 10.2 Å². The summed E-state index contributed by atoms with van der Waals surface area (Å²) in [5.74, 6) is -0.717. The topological polar surface area (TPSA) is 53.0 Å². The Kier molecular flexibility index (Phi) is 2.10. The van der Waals surface area contributed by atoms with Gasteiger partial charge >= 0.3 is 0 Å². The second-order valence-electron chi connectivity index (χ2n) is 4.12. The Morgan fingerprint density at radius 3 is 2.33 bits per heavy atom. The van der Waals surface area contributed by atoms with Crippen LogP contribution in [0.3, 0.4) is 0 Å². The molecule has 0 spiro atoms. The first-order chi connectivity index (χ1) is 5.66. The van der Waals surface area contributed by atoms with Crippen molar-refractivity contribution in [2.24, 2.45) is 5.92 Å². The second-order valence-corrected chi connectivity index (χ2v) is 4.12. The van der Waals surface area contributed by atoms with Crippen molar-refractivity contribution >= 4 is 0 Å². The highest BCUT2D eigenvalue weighted by molar-refractivity contribution is 4.81. The molecule has 12 heavy (non-hydrogen) atoms. The Labute approximate surface area is 72.3 Å². The molecule has 1 atom stereocenters. The lowest BCUT2D eigenvalue weighted by Crippen LogP contribution is -2.33. The Balaban J connectivity index is 1.73. The van der Waals surface area contributed by atoms with E-state index in [1.807, 2.05) is 0 Å². The molecule has 1 saturated heterocycles. The summed E-state index contributed by atoms with van der Waals surface area (Å²) < 4.78 is 5.14. The zero-order chi connectivity index (χ0) is 8.60. The van der Waals surface area contributed by atoms with Crippen molar-refractivity contribution in [1.82, 2.24) is 0 Å². The molecule has 3 nitrogen and oxygen atoms in total. The van der Waals surface area contributed by atoms with Crippen LogP contribution in [0.25, 0.3) is 0 Å². The number of epoxide rings is 1. The number of hydrogen-bond donors (Lipinski definition) is 2. The Hall–Kier alpha value is -0.120. The van der Waals surface area contributed by atoms with Crippen molar-refractivity contribution in [2.75, 3.05) is 6.61 Å². The van der Waals surface area contributed by atoms with Gasteiger partial charge in [-0.3, -0.25) is 0 Å². The van der Waals surface area contributed by atoms with Gasteiger partial charge in [-0.05, 0) is 25.2 Å². The molecule has 1 saturated carbocycles. The first kappa shape index (κ1) is 8.48. The van der Waals surface area contributed by atoms with Gasteiger partial charge in [0.2, 0.25) is 0 Å². The van der Waals surface area contributed by atoms with E-state index in [0.717, 1.165) is 25.9 Å². The molecule has 0 radical (unpaired) electrons. The molecule has 70 valence electrons. The molecule has 1 aliphatic heterocycles. The predicted molar refractivity (Wildman–Crippen MR) is 43.5 cm³/mol. The quantitative estimate of drug-likeness (QED) is 0.475. The fourth-order valence-corrected chi connectivity index (χ4v) is 1.95. The molecular formula is C9H16O3. The molecule has 0 aromatic carbocycles. The van der Waals surface area contributed by atoms with Gasteiger partial charge in [0.15, 0.2) is 5.79 Å². The van der Waals surface area contributed by atoms with Crippen molar-refractivity contribution in [3.8, 4) is 0 Å². The van der Waals surface area contributed by atoms with Crippen LogP contribution in [-0.2, 0) is 4.74 Å². The minimum absolute atomic E-state index is 0.486. The van der Waals surface area contributed by atoms with Crippen LogP contribution in [0.4, 0.5) is 0 Å². The van der Waals surface area contributed by atoms with E-state index in [2.05, 4.69) is 0 Å². The lowest BCUT2D eigenvalue weighted by atomic mass is 9.83. The molecule has 0 aromatic rings. The largest absolute Gasteiger partial charge is 0.373 e. The van der Waals surface area contributed by atoms with E-state index < -0.39 is 5.79 Å². The molecule has 3 heteroatoms. The second kappa shape index (κ2) is 2.98. The van der Waals surface area contributed by atoms with E-state index in [4.69, 9.17) is 4.74 Å². The van der Waals surface area contributed by atoms with Gasteiger partial charge in [0.1, 0.15) is 0 Å². The summed E-state index contributed by atoms with van der Waals surface area (Å²) in [6.07, 6.45) is 4.55. The highest BCUT2D eigenvalue weighted by atomic mass is 16.6. The van der Waals surface area contributed by atoms with Crippen LogP contribution in [0, 0.1) is 5.92 Å². The summed E-state index contributed by atoms with van der Waals surface area (Å²) in [6.45, 7) is 0.917. The van der Waals surface area contributed by atoms with E-state index in [1.165, 1.54) is 0 Å². The lowest BCUT2D eigenvalue weighted by molar-refractivity contribution is -0.186. The maximum absolute atomic E-state index is 9.27. The normalized spacial score (nSPS) is 35.0. The molecule has 1 heterocycles. The SMILES string of the molecule is OC1(O)CCC(CC2CO2)CC1. The average Bonchev–Trinajstić information content (AvgIpc) is 2.77. The molecule has 2 N–H and O–H groups in total. The number of hydrogen-bond acceptors (Lipinski definition) is 3. The minimum atomic E-state index is -1.37. The third kappa shape index (κ3) is 2.19. The first-order valence-electron chi connectivity index (χ1n) is 4.72. The molecule has 2 aliphatic rings. The summed E-state index contributed by atoms with van der Waals surface area (Å²) in [6, 6.07) is 0. The fraction of sp³-hybridized carbons (Fsp3) is 1.00. The van der Waals surface area contributed by atoms with Crippen LogP contribution in [0.1, 0.15) is 32.1 Å². The van der Waals surface area contributed by atoms with Crippen molar-refractivity contribution in [1.29, 1.82) is 0 Å². The van der Waals surface area contributed by atoms with Crippen molar-refractivity contribution in [3.63, 3.8) is 0 Å². The van der Waals surface area contributed by atoms with Crippen LogP contribution in [0.5, 0.6) is 0 Å². The van der Waals surface area contributed by atoms with Gasteiger partial charge in [-0.1, -0.05) is 0 Å². The molecular weight excluding hydrogens is 156 g/mol. The average molecular weight is 172 g/mol. The van der Waals surface area contributed by atoms with Gasteiger partial charge < -0.3 is 14.9 Å².